The van der Waals surface area contributed by atoms with Crippen LogP contribution in [0.1, 0.15) is 20.3 Å². The van der Waals surface area contributed by atoms with Crippen molar-refractivity contribution in [3.63, 3.8) is 0 Å². The van der Waals surface area contributed by atoms with Crippen molar-refractivity contribution < 1.29 is 8.42 Å². The topological polar surface area (TPSA) is 46.2 Å². The highest BCUT2D eigenvalue weighted by atomic mass is 79.9. The first-order chi connectivity index (χ1) is 8.81. The summed E-state index contributed by atoms with van der Waals surface area (Å²) in [6, 6.07) is 6.61. The lowest BCUT2D eigenvalue weighted by Gasteiger charge is -2.28. The SMILES string of the molecule is CC1=CCC(C)(NS(=O)(=O)c2ccc(Br)cc2)C=C1. The Morgan fingerprint density at radius 2 is 1.89 bits per heavy atom. The Morgan fingerprint density at radius 1 is 1.26 bits per heavy atom. The van der Waals surface area contributed by atoms with Crippen molar-refractivity contribution in [3.8, 4) is 0 Å². The van der Waals surface area contributed by atoms with Crippen LogP contribution in [0.25, 0.3) is 0 Å². The van der Waals surface area contributed by atoms with Gasteiger partial charge in [-0.3, -0.25) is 0 Å². The van der Waals surface area contributed by atoms with Crippen LogP contribution in [0.3, 0.4) is 0 Å². The summed E-state index contributed by atoms with van der Waals surface area (Å²) in [5.41, 5.74) is 0.589. The van der Waals surface area contributed by atoms with Gasteiger partial charge in [0.1, 0.15) is 0 Å². The normalized spacial score (nSPS) is 23.2. The summed E-state index contributed by atoms with van der Waals surface area (Å²) in [7, 11) is -3.50. The molecule has 5 heteroatoms. The van der Waals surface area contributed by atoms with Gasteiger partial charge >= 0.3 is 0 Å². The molecule has 1 aliphatic carbocycles. The Kier molecular flexibility index (Phi) is 3.99. The number of allylic oxidation sites excluding steroid dienone is 2. The van der Waals surface area contributed by atoms with Crippen molar-refractivity contribution in [3.05, 3.63) is 52.5 Å². The number of halogens is 1. The van der Waals surface area contributed by atoms with Crippen molar-refractivity contribution in [2.24, 2.45) is 0 Å². The zero-order valence-corrected chi connectivity index (χ0v) is 13.3. The van der Waals surface area contributed by atoms with Gasteiger partial charge in [0.05, 0.1) is 10.4 Å². The van der Waals surface area contributed by atoms with Gasteiger partial charge in [0.15, 0.2) is 0 Å². The molecule has 0 aromatic heterocycles. The molecule has 1 aromatic carbocycles. The molecule has 0 spiro atoms. The number of nitrogens with one attached hydrogen (secondary N) is 1. The van der Waals surface area contributed by atoms with Crippen LogP contribution < -0.4 is 4.72 Å². The summed E-state index contributed by atoms with van der Waals surface area (Å²) in [4.78, 5) is 0.275. The number of benzene rings is 1. The first-order valence-corrected chi connectivity index (χ1v) is 8.24. The van der Waals surface area contributed by atoms with E-state index in [1.807, 2.05) is 32.1 Å². The summed E-state index contributed by atoms with van der Waals surface area (Å²) in [6.07, 6.45) is 6.53. The molecule has 3 nitrogen and oxygen atoms in total. The van der Waals surface area contributed by atoms with E-state index in [0.29, 0.717) is 6.42 Å². The first-order valence-electron chi connectivity index (χ1n) is 5.96. The molecule has 1 unspecified atom stereocenters. The van der Waals surface area contributed by atoms with Gasteiger partial charge in [0.25, 0.3) is 0 Å². The van der Waals surface area contributed by atoms with Crippen LogP contribution in [0.5, 0.6) is 0 Å². The molecule has 0 radical (unpaired) electrons. The van der Waals surface area contributed by atoms with Crippen LogP contribution in [0, 0.1) is 0 Å². The highest BCUT2D eigenvalue weighted by Gasteiger charge is 2.28. The Balaban J connectivity index is 2.23. The zero-order chi connectivity index (χ0) is 14.1. The molecule has 0 saturated carbocycles. The van der Waals surface area contributed by atoms with E-state index in [4.69, 9.17) is 0 Å². The molecule has 1 atom stereocenters. The molecular weight excluding hydrogens is 326 g/mol. The van der Waals surface area contributed by atoms with Gasteiger partial charge in [-0.05, 0) is 44.5 Å². The predicted molar refractivity (Wildman–Crippen MR) is 80.4 cm³/mol. The van der Waals surface area contributed by atoms with Crippen molar-refractivity contribution in [1.82, 2.24) is 4.72 Å². The fourth-order valence-corrected chi connectivity index (χ4v) is 3.52. The number of sulfonamides is 1. The second kappa shape index (κ2) is 5.23. The third-order valence-corrected chi connectivity index (χ3v) is 5.21. The zero-order valence-electron chi connectivity index (χ0n) is 10.9. The molecule has 1 aliphatic rings. The highest BCUT2D eigenvalue weighted by molar-refractivity contribution is 9.10. The molecule has 102 valence electrons. The largest absolute Gasteiger partial charge is 0.241 e. The third kappa shape index (κ3) is 3.55. The molecule has 0 saturated heterocycles. The number of hydrogen-bond donors (Lipinski definition) is 1. The standard InChI is InChI=1S/C14H16BrNO2S/c1-11-7-9-14(2,10-8-11)16-19(17,18)13-5-3-12(15)4-6-13/h3-9,16H,10H2,1-2H3. The van der Waals surface area contributed by atoms with E-state index < -0.39 is 15.6 Å². The maximum atomic E-state index is 12.3. The smallest absolute Gasteiger partial charge is 0.207 e. The van der Waals surface area contributed by atoms with Gasteiger partial charge < -0.3 is 0 Å². The Hall–Kier alpha value is -0.910. The van der Waals surface area contributed by atoms with E-state index in [2.05, 4.69) is 20.7 Å². The first kappa shape index (κ1) is 14.5. The average molecular weight is 342 g/mol. The van der Waals surface area contributed by atoms with Gasteiger partial charge in [-0.25, -0.2) is 13.1 Å². The third-order valence-electron chi connectivity index (χ3n) is 3.05. The summed E-state index contributed by atoms with van der Waals surface area (Å²) < 4.78 is 28.2. The minimum absolute atomic E-state index is 0.275. The quantitative estimate of drug-likeness (QED) is 0.915. The van der Waals surface area contributed by atoms with Crippen LogP contribution in [0.2, 0.25) is 0 Å². The van der Waals surface area contributed by atoms with E-state index >= 15 is 0 Å². The molecule has 1 aromatic rings. The van der Waals surface area contributed by atoms with Crippen molar-refractivity contribution in [2.75, 3.05) is 0 Å². The highest BCUT2D eigenvalue weighted by Crippen LogP contribution is 2.23. The van der Waals surface area contributed by atoms with Crippen molar-refractivity contribution in [2.45, 2.75) is 30.7 Å². The molecule has 0 bridgehead atoms. The van der Waals surface area contributed by atoms with Crippen molar-refractivity contribution >= 4 is 26.0 Å². The maximum absolute atomic E-state index is 12.3. The number of hydrogen-bond acceptors (Lipinski definition) is 2. The molecule has 1 N–H and O–H groups in total. The van der Waals surface area contributed by atoms with Gasteiger partial charge in [0, 0.05) is 4.47 Å². The lowest BCUT2D eigenvalue weighted by molar-refractivity contribution is 0.498. The van der Waals surface area contributed by atoms with Gasteiger partial charge in [-0.1, -0.05) is 39.7 Å². The van der Waals surface area contributed by atoms with Crippen LogP contribution in [-0.4, -0.2) is 14.0 Å². The number of rotatable bonds is 3. The lowest BCUT2D eigenvalue weighted by atomic mass is 9.92. The van der Waals surface area contributed by atoms with Crippen LogP contribution in [-0.2, 0) is 10.0 Å². The molecule has 0 heterocycles. The monoisotopic (exact) mass is 341 g/mol. The minimum atomic E-state index is -3.50. The van der Waals surface area contributed by atoms with E-state index in [1.165, 1.54) is 0 Å². The summed E-state index contributed by atoms with van der Waals surface area (Å²) >= 11 is 3.29. The Bertz CT molecular complexity index is 632. The van der Waals surface area contributed by atoms with E-state index in [-0.39, 0.29) is 4.90 Å². The average Bonchev–Trinajstić information content (AvgIpc) is 2.33. The van der Waals surface area contributed by atoms with Crippen LogP contribution in [0.15, 0.2) is 57.4 Å². The van der Waals surface area contributed by atoms with Gasteiger partial charge in [0.2, 0.25) is 10.0 Å². The molecular formula is C14H16BrNO2S. The summed E-state index contributed by atoms with van der Waals surface area (Å²) in [5.74, 6) is 0. The Morgan fingerprint density at radius 3 is 2.42 bits per heavy atom. The van der Waals surface area contributed by atoms with Gasteiger partial charge in [-0.2, -0.15) is 0 Å². The summed E-state index contributed by atoms with van der Waals surface area (Å²) in [6.45, 7) is 3.88. The summed E-state index contributed by atoms with van der Waals surface area (Å²) in [5, 5.41) is 0. The lowest BCUT2D eigenvalue weighted by Crippen LogP contribution is -2.44. The molecule has 19 heavy (non-hydrogen) atoms. The fourth-order valence-electron chi connectivity index (χ4n) is 1.88. The van der Waals surface area contributed by atoms with E-state index in [1.54, 1.807) is 24.3 Å². The predicted octanol–water partition coefficient (Wildman–Crippen LogP) is 3.39. The maximum Gasteiger partial charge on any atom is 0.241 e. The van der Waals surface area contributed by atoms with Crippen LogP contribution >= 0.6 is 15.9 Å². The molecule has 0 fully saturated rings. The van der Waals surface area contributed by atoms with E-state index in [9.17, 15) is 8.42 Å². The Labute approximate surface area is 122 Å². The second-order valence-corrected chi connectivity index (χ2v) is 7.56. The van der Waals surface area contributed by atoms with Crippen LogP contribution in [0.4, 0.5) is 0 Å². The van der Waals surface area contributed by atoms with Crippen molar-refractivity contribution in [1.29, 1.82) is 0 Å². The molecule has 0 aliphatic heterocycles. The fraction of sp³-hybridized carbons (Fsp3) is 0.286. The second-order valence-electron chi connectivity index (χ2n) is 4.96. The van der Waals surface area contributed by atoms with Gasteiger partial charge in [-0.15, -0.1) is 0 Å². The molecule has 2 rings (SSSR count). The van der Waals surface area contributed by atoms with E-state index in [0.717, 1.165) is 10.0 Å². The molecule has 0 amide bonds. The minimum Gasteiger partial charge on any atom is -0.207 e.